The summed E-state index contributed by atoms with van der Waals surface area (Å²) in [5, 5.41) is 7.82. The van der Waals surface area contributed by atoms with Gasteiger partial charge in [0.2, 0.25) is 0 Å². The number of rotatable bonds is 5. The van der Waals surface area contributed by atoms with Crippen molar-refractivity contribution in [3.05, 3.63) is 75.2 Å². The van der Waals surface area contributed by atoms with Gasteiger partial charge in [0, 0.05) is 29.4 Å². The first kappa shape index (κ1) is 17.1. The fourth-order valence-corrected chi connectivity index (χ4v) is 2.70. The zero-order chi connectivity index (χ0) is 17.8. The van der Waals surface area contributed by atoms with Gasteiger partial charge < -0.3 is 5.73 Å². The summed E-state index contributed by atoms with van der Waals surface area (Å²) in [6, 6.07) is 10.8. The predicted molar refractivity (Wildman–Crippen MR) is 97.9 cm³/mol. The number of pyridine rings is 1. The van der Waals surface area contributed by atoms with Crippen LogP contribution >= 0.6 is 23.2 Å². The number of amides is 1. The molecule has 3 N–H and O–H groups in total. The molecule has 0 saturated carbocycles. The van der Waals surface area contributed by atoms with Gasteiger partial charge in [-0.05, 0) is 29.8 Å². The highest BCUT2D eigenvalue weighted by Crippen LogP contribution is 2.23. The summed E-state index contributed by atoms with van der Waals surface area (Å²) in [6.07, 6.45) is 3.49. The Bertz CT molecular complexity index is 952. The second-order valence-electron chi connectivity index (χ2n) is 5.21. The largest absolute Gasteiger partial charge is 0.365 e. The van der Waals surface area contributed by atoms with Crippen LogP contribution in [0.4, 0.5) is 5.82 Å². The van der Waals surface area contributed by atoms with Crippen molar-refractivity contribution in [2.75, 3.05) is 0 Å². The van der Waals surface area contributed by atoms with Crippen LogP contribution in [0.1, 0.15) is 27.2 Å². The summed E-state index contributed by atoms with van der Waals surface area (Å²) >= 11 is 12.0. The molecule has 126 valence electrons. The number of aromatic amines is 1. The van der Waals surface area contributed by atoms with Crippen molar-refractivity contribution >= 4 is 41.1 Å². The summed E-state index contributed by atoms with van der Waals surface area (Å²) in [5.74, 6) is -0.417. The first-order valence-electron chi connectivity index (χ1n) is 7.30. The molecular weight excluding hydrogens is 361 g/mol. The predicted octanol–water partition coefficient (Wildman–Crippen LogP) is 3.55. The highest BCUT2D eigenvalue weighted by Gasteiger charge is 2.18. The van der Waals surface area contributed by atoms with Crippen LogP contribution in [-0.4, -0.2) is 27.3 Å². The van der Waals surface area contributed by atoms with E-state index in [9.17, 15) is 4.79 Å². The van der Waals surface area contributed by atoms with Crippen molar-refractivity contribution < 1.29 is 4.79 Å². The molecule has 0 atom stereocenters. The van der Waals surface area contributed by atoms with Gasteiger partial charge in [0.25, 0.3) is 5.91 Å². The Kier molecular flexibility index (Phi) is 5.11. The highest BCUT2D eigenvalue weighted by atomic mass is 35.5. The van der Waals surface area contributed by atoms with Crippen molar-refractivity contribution in [1.82, 2.24) is 15.2 Å². The maximum Gasteiger partial charge on any atom is 0.254 e. The van der Waals surface area contributed by atoms with E-state index in [4.69, 9.17) is 28.9 Å². The molecule has 0 spiro atoms. The average Bonchev–Trinajstić information content (AvgIpc) is 2.97. The molecule has 1 aromatic carbocycles. The first-order chi connectivity index (χ1) is 12.0. The van der Waals surface area contributed by atoms with E-state index < -0.39 is 5.91 Å². The van der Waals surface area contributed by atoms with Gasteiger partial charge in [-0.25, -0.2) is 9.98 Å². The van der Waals surface area contributed by atoms with Crippen LogP contribution < -0.4 is 5.73 Å². The second kappa shape index (κ2) is 7.46. The SMILES string of the molecule is NC(=O)c1c(N=Cc2cccnc2Cl)n[nH]c1Cc1cccc(Cl)c1. The molecule has 3 rings (SSSR count). The lowest BCUT2D eigenvalue weighted by atomic mass is 10.1. The maximum atomic E-state index is 11.9. The fourth-order valence-electron chi connectivity index (χ4n) is 2.32. The number of carbonyl (C=O) groups is 1. The summed E-state index contributed by atoms with van der Waals surface area (Å²) in [5.41, 5.74) is 7.84. The van der Waals surface area contributed by atoms with E-state index in [0.717, 1.165) is 5.56 Å². The molecule has 0 aliphatic carbocycles. The number of nitrogens with one attached hydrogen (secondary N) is 1. The molecular formula is C17H13Cl2N5O. The Morgan fingerprint density at radius 3 is 2.84 bits per heavy atom. The van der Waals surface area contributed by atoms with Crippen LogP contribution in [0.15, 0.2) is 47.6 Å². The molecule has 2 heterocycles. The van der Waals surface area contributed by atoms with E-state index in [1.165, 1.54) is 6.21 Å². The van der Waals surface area contributed by atoms with E-state index in [0.29, 0.717) is 27.9 Å². The third kappa shape index (κ3) is 4.04. The van der Waals surface area contributed by atoms with E-state index in [2.05, 4.69) is 20.2 Å². The van der Waals surface area contributed by atoms with Crippen LogP contribution in [0.3, 0.4) is 0 Å². The Labute approximate surface area is 153 Å². The van der Waals surface area contributed by atoms with Gasteiger partial charge in [0.05, 0.1) is 5.69 Å². The molecule has 0 aliphatic rings. The van der Waals surface area contributed by atoms with Gasteiger partial charge in [0.15, 0.2) is 5.82 Å². The van der Waals surface area contributed by atoms with Crippen molar-refractivity contribution in [3.8, 4) is 0 Å². The number of carbonyl (C=O) groups excluding carboxylic acids is 1. The normalized spacial score (nSPS) is 11.1. The van der Waals surface area contributed by atoms with Crippen molar-refractivity contribution in [2.45, 2.75) is 6.42 Å². The van der Waals surface area contributed by atoms with Gasteiger partial charge in [-0.15, -0.1) is 0 Å². The van der Waals surface area contributed by atoms with Gasteiger partial charge >= 0.3 is 0 Å². The Hall–Kier alpha value is -2.70. The number of primary amides is 1. The summed E-state index contributed by atoms with van der Waals surface area (Å²) in [6.45, 7) is 0. The minimum Gasteiger partial charge on any atom is -0.365 e. The molecule has 25 heavy (non-hydrogen) atoms. The highest BCUT2D eigenvalue weighted by molar-refractivity contribution is 6.31. The van der Waals surface area contributed by atoms with Gasteiger partial charge in [-0.3, -0.25) is 9.89 Å². The standard InChI is InChI=1S/C17H13Cl2N5O/c18-12-5-1-3-10(7-12)8-13-14(16(20)25)17(24-23-13)22-9-11-4-2-6-21-15(11)19/h1-7,9H,8H2,(H2,20,25)(H,23,24). The third-order valence-corrected chi connectivity index (χ3v) is 4.00. The molecule has 0 radical (unpaired) electrons. The summed E-state index contributed by atoms with van der Waals surface area (Å²) < 4.78 is 0. The van der Waals surface area contributed by atoms with Gasteiger partial charge in [0.1, 0.15) is 10.7 Å². The van der Waals surface area contributed by atoms with Crippen LogP contribution in [0.2, 0.25) is 10.2 Å². The minimum absolute atomic E-state index is 0.199. The lowest BCUT2D eigenvalue weighted by molar-refractivity contribution is 0.100. The third-order valence-electron chi connectivity index (χ3n) is 3.45. The molecule has 1 amide bonds. The van der Waals surface area contributed by atoms with Crippen LogP contribution in [0.25, 0.3) is 0 Å². The smallest absolute Gasteiger partial charge is 0.254 e. The monoisotopic (exact) mass is 373 g/mol. The Morgan fingerprint density at radius 1 is 1.28 bits per heavy atom. The number of hydrogen-bond donors (Lipinski definition) is 2. The number of halogens is 2. The van der Waals surface area contributed by atoms with E-state index in [1.807, 2.05) is 18.2 Å². The number of benzene rings is 1. The van der Waals surface area contributed by atoms with E-state index in [-0.39, 0.29) is 11.4 Å². The number of aliphatic imine (C=N–C) groups is 1. The molecule has 0 bridgehead atoms. The second-order valence-corrected chi connectivity index (χ2v) is 6.01. The molecule has 0 unspecified atom stereocenters. The molecule has 3 aromatic rings. The van der Waals surface area contributed by atoms with Crippen LogP contribution in [0, 0.1) is 0 Å². The quantitative estimate of drug-likeness (QED) is 0.528. The number of aromatic nitrogens is 3. The van der Waals surface area contributed by atoms with Crippen molar-refractivity contribution in [2.24, 2.45) is 10.7 Å². The zero-order valence-electron chi connectivity index (χ0n) is 12.9. The van der Waals surface area contributed by atoms with E-state index in [1.54, 1.807) is 24.4 Å². The van der Waals surface area contributed by atoms with Crippen molar-refractivity contribution in [1.29, 1.82) is 0 Å². The molecule has 0 saturated heterocycles. The molecule has 6 nitrogen and oxygen atoms in total. The molecule has 0 aliphatic heterocycles. The number of hydrogen-bond acceptors (Lipinski definition) is 4. The fraction of sp³-hybridized carbons (Fsp3) is 0.0588. The lowest BCUT2D eigenvalue weighted by Crippen LogP contribution is -2.13. The van der Waals surface area contributed by atoms with Crippen LogP contribution in [-0.2, 0) is 6.42 Å². The van der Waals surface area contributed by atoms with E-state index >= 15 is 0 Å². The number of nitrogens with two attached hydrogens (primary N) is 1. The summed E-state index contributed by atoms with van der Waals surface area (Å²) in [7, 11) is 0. The molecule has 2 aromatic heterocycles. The summed E-state index contributed by atoms with van der Waals surface area (Å²) in [4.78, 5) is 20.0. The number of H-pyrrole nitrogens is 1. The Morgan fingerprint density at radius 2 is 2.12 bits per heavy atom. The number of nitrogens with zero attached hydrogens (tertiary/aromatic N) is 3. The average molecular weight is 374 g/mol. The minimum atomic E-state index is -0.616. The first-order valence-corrected chi connectivity index (χ1v) is 8.06. The van der Waals surface area contributed by atoms with Gasteiger partial charge in [-0.1, -0.05) is 35.3 Å². The zero-order valence-corrected chi connectivity index (χ0v) is 14.4. The lowest BCUT2D eigenvalue weighted by Gasteiger charge is -2.02. The van der Waals surface area contributed by atoms with Crippen molar-refractivity contribution in [3.63, 3.8) is 0 Å². The maximum absolute atomic E-state index is 11.9. The van der Waals surface area contributed by atoms with Gasteiger partial charge in [-0.2, -0.15) is 5.10 Å². The molecule has 0 fully saturated rings. The van der Waals surface area contributed by atoms with Crippen LogP contribution in [0.5, 0.6) is 0 Å². The topological polar surface area (TPSA) is 97.0 Å². The molecule has 8 heteroatoms. The Balaban J connectivity index is 1.92.